The van der Waals surface area contributed by atoms with Crippen LogP contribution in [0.1, 0.15) is 45.2 Å². The van der Waals surface area contributed by atoms with Crippen molar-refractivity contribution in [3.63, 3.8) is 0 Å². The summed E-state index contributed by atoms with van der Waals surface area (Å²) in [5.41, 5.74) is 2.70. The molecule has 3 nitrogen and oxygen atoms in total. The highest BCUT2D eigenvalue weighted by Gasteiger charge is 2.53. The third-order valence-electron chi connectivity index (χ3n) is 5.68. The van der Waals surface area contributed by atoms with E-state index in [-0.39, 0.29) is 11.2 Å². The van der Waals surface area contributed by atoms with E-state index in [9.17, 15) is 0 Å². The fourth-order valence-electron chi connectivity index (χ4n) is 3.26. The van der Waals surface area contributed by atoms with Gasteiger partial charge in [-0.1, -0.05) is 55.2 Å². The SMILES string of the molecule is BCCCc1cccc(OCc2ccccc2)c1B1OC(C)(C)C(C)(C)O1. The fourth-order valence-corrected chi connectivity index (χ4v) is 3.26. The van der Waals surface area contributed by atoms with Crippen molar-refractivity contribution >= 4 is 20.4 Å². The van der Waals surface area contributed by atoms with Gasteiger partial charge < -0.3 is 14.0 Å². The molecule has 1 aliphatic heterocycles. The van der Waals surface area contributed by atoms with Crippen LogP contribution in [-0.4, -0.2) is 26.2 Å². The molecule has 0 aliphatic carbocycles. The lowest BCUT2D eigenvalue weighted by atomic mass is 9.74. The molecule has 1 heterocycles. The molecule has 27 heavy (non-hydrogen) atoms. The minimum atomic E-state index is -0.408. The quantitative estimate of drug-likeness (QED) is 0.704. The Morgan fingerprint density at radius 1 is 0.926 bits per heavy atom. The Hall–Kier alpha value is -1.71. The highest BCUT2D eigenvalue weighted by molar-refractivity contribution is 6.63. The summed E-state index contributed by atoms with van der Waals surface area (Å²) >= 11 is 0. The highest BCUT2D eigenvalue weighted by Crippen LogP contribution is 2.37. The van der Waals surface area contributed by atoms with Crippen molar-refractivity contribution in [1.82, 2.24) is 0 Å². The summed E-state index contributed by atoms with van der Waals surface area (Å²) in [7, 11) is 1.80. The van der Waals surface area contributed by atoms with E-state index in [1.165, 1.54) is 5.56 Å². The zero-order valence-corrected chi connectivity index (χ0v) is 17.2. The van der Waals surface area contributed by atoms with E-state index >= 15 is 0 Å². The fraction of sp³-hybridized carbons (Fsp3) is 0.455. The van der Waals surface area contributed by atoms with Gasteiger partial charge >= 0.3 is 7.12 Å². The number of ether oxygens (including phenoxy) is 1. The molecule has 0 radical (unpaired) electrons. The van der Waals surface area contributed by atoms with Crippen molar-refractivity contribution in [2.45, 2.75) is 64.7 Å². The molecule has 0 N–H and O–H groups in total. The van der Waals surface area contributed by atoms with Crippen LogP contribution in [0.3, 0.4) is 0 Å². The van der Waals surface area contributed by atoms with Crippen molar-refractivity contribution in [3.05, 3.63) is 59.7 Å². The monoisotopic (exact) mass is 364 g/mol. The van der Waals surface area contributed by atoms with Gasteiger partial charge in [-0.15, -0.1) is 0 Å². The largest absolute Gasteiger partial charge is 0.498 e. The van der Waals surface area contributed by atoms with Crippen LogP contribution < -0.4 is 10.2 Å². The minimum Gasteiger partial charge on any atom is -0.489 e. The van der Waals surface area contributed by atoms with Crippen molar-refractivity contribution < 1.29 is 14.0 Å². The molecular formula is C22H30B2O3. The Bertz CT molecular complexity index is 743. The summed E-state index contributed by atoms with van der Waals surface area (Å²) in [6.07, 6.45) is 3.28. The lowest BCUT2D eigenvalue weighted by molar-refractivity contribution is 0.00578. The van der Waals surface area contributed by atoms with Gasteiger partial charge in [0.25, 0.3) is 0 Å². The molecule has 1 fully saturated rings. The average molecular weight is 364 g/mol. The van der Waals surface area contributed by atoms with E-state index in [0.29, 0.717) is 6.61 Å². The first-order valence-corrected chi connectivity index (χ1v) is 9.98. The smallest absolute Gasteiger partial charge is 0.489 e. The highest BCUT2D eigenvalue weighted by atomic mass is 16.7. The summed E-state index contributed by atoms with van der Waals surface area (Å²) in [6, 6.07) is 16.5. The molecule has 1 aliphatic rings. The second kappa shape index (κ2) is 8.12. The van der Waals surface area contributed by atoms with Gasteiger partial charge in [-0.2, -0.15) is 0 Å². The van der Waals surface area contributed by atoms with Crippen LogP contribution >= 0.6 is 0 Å². The van der Waals surface area contributed by atoms with Gasteiger partial charge in [0.1, 0.15) is 20.2 Å². The topological polar surface area (TPSA) is 27.7 Å². The molecule has 142 valence electrons. The maximum Gasteiger partial charge on any atom is 0.498 e. The van der Waals surface area contributed by atoms with Crippen LogP contribution in [0.15, 0.2) is 48.5 Å². The van der Waals surface area contributed by atoms with Crippen LogP contribution in [0.4, 0.5) is 0 Å². The molecule has 2 aromatic rings. The number of rotatable bonds is 7. The molecule has 3 rings (SSSR count). The minimum absolute atomic E-state index is 0.369. The predicted molar refractivity (Wildman–Crippen MR) is 115 cm³/mol. The number of aryl methyl sites for hydroxylation is 1. The van der Waals surface area contributed by atoms with Gasteiger partial charge in [0.15, 0.2) is 0 Å². The van der Waals surface area contributed by atoms with Crippen LogP contribution in [0.2, 0.25) is 6.32 Å². The molecule has 0 unspecified atom stereocenters. The molecular weight excluding hydrogens is 334 g/mol. The van der Waals surface area contributed by atoms with Crippen LogP contribution in [-0.2, 0) is 22.3 Å². The van der Waals surface area contributed by atoms with E-state index in [0.717, 1.165) is 35.9 Å². The first kappa shape index (κ1) is 20.0. The van der Waals surface area contributed by atoms with E-state index in [1.807, 2.05) is 24.3 Å². The van der Waals surface area contributed by atoms with Gasteiger partial charge in [-0.3, -0.25) is 0 Å². The van der Waals surface area contributed by atoms with Crippen LogP contribution in [0.5, 0.6) is 5.75 Å². The lowest BCUT2D eigenvalue weighted by Crippen LogP contribution is -2.41. The van der Waals surface area contributed by atoms with Crippen LogP contribution in [0.25, 0.3) is 0 Å². The van der Waals surface area contributed by atoms with Crippen molar-refractivity contribution in [1.29, 1.82) is 0 Å². The normalized spacial score (nSPS) is 17.9. The molecule has 0 spiro atoms. The summed E-state index contributed by atoms with van der Waals surface area (Å²) in [6.45, 7) is 8.89. The molecule has 0 aromatic heterocycles. The van der Waals surface area contributed by atoms with Crippen molar-refractivity contribution in [2.24, 2.45) is 0 Å². The average Bonchev–Trinajstić information content (AvgIpc) is 2.86. The van der Waals surface area contributed by atoms with E-state index in [4.69, 9.17) is 14.0 Å². The van der Waals surface area contributed by atoms with E-state index in [1.54, 1.807) is 0 Å². The number of hydrogen-bond acceptors (Lipinski definition) is 3. The summed E-state index contributed by atoms with van der Waals surface area (Å²) in [5.74, 6) is 0.853. The van der Waals surface area contributed by atoms with Gasteiger partial charge in [-0.25, -0.2) is 0 Å². The number of benzene rings is 2. The van der Waals surface area contributed by atoms with Gasteiger partial charge in [0.05, 0.1) is 11.2 Å². The van der Waals surface area contributed by atoms with E-state index in [2.05, 4.69) is 59.8 Å². The maximum atomic E-state index is 6.36. The van der Waals surface area contributed by atoms with Gasteiger partial charge in [0, 0.05) is 5.46 Å². The predicted octanol–water partition coefficient (Wildman–Crippen LogP) is 3.55. The molecule has 0 saturated carbocycles. The summed E-state index contributed by atoms with van der Waals surface area (Å²) in [4.78, 5) is 0. The molecule has 1 saturated heterocycles. The van der Waals surface area contributed by atoms with Crippen LogP contribution in [0, 0.1) is 0 Å². The van der Waals surface area contributed by atoms with Gasteiger partial charge in [0.2, 0.25) is 0 Å². The van der Waals surface area contributed by atoms with Crippen molar-refractivity contribution in [3.8, 4) is 5.75 Å². The molecule has 5 heteroatoms. The zero-order chi connectivity index (χ0) is 19.5. The standard InChI is InChI=1S/C22H30B2O3/c1-21(2)22(3,4)27-24(26-21)20-18(13-9-15-23)12-8-14-19(20)25-16-17-10-6-5-7-11-17/h5-8,10-12,14H,9,13,15-16,23H2,1-4H3. The second-order valence-corrected chi connectivity index (χ2v) is 8.30. The Labute approximate surface area is 165 Å². The Kier molecular flexibility index (Phi) is 6.02. The Morgan fingerprint density at radius 2 is 1.59 bits per heavy atom. The summed E-state index contributed by atoms with van der Waals surface area (Å²) in [5, 5.41) is 0. The summed E-state index contributed by atoms with van der Waals surface area (Å²) < 4.78 is 19.0. The van der Waals surface area contributed by atoms with E-state index < -0.39 is 7.12 Å². The maximum absolute atomic E-state index is 6.36. The third kappa shape index (κ3) is 4.41. The van der Waals surface area contributed by atoms with Crippen molar-refractivity contribution in [2.75, 3.05) is 0 Å². The Balaban J connectivity index is 1.91. The third-order valence-corrected chi connectivity index (χ3v) is 5.68. The first-order valence-electron chi connectivity index (χ1n) is 9.98. The number of hydrogen-bond donors (Lipinski definition) is 0. The molecule has 0 atom stereocenters. The van der Waals surface area contributed by atoms with Gasteiger partial charge in [-0.05, 0) is 51.3 Å². The molecule has 0 bridgehead atoms. The Morgan fingerprint density at radius 3 is 2.22 bits per heavy atom. The molecule has 2 aromatic carbocycles. The lowest BCUT2D eigenvalue weighted by Gasteiger charge is -2.32. The second-order valence-electron chi connectivity index (χ2n) is 8.30. The molecule has 0 amide bonds. The first-order chi connectivity index (χ1) is 12.8. The zero-order valence-electron chi connectivity index (χ0n) is 17.2.